The highest BCUT2D eigenvalue weighted by Gasteiger charge is 2.18. The molecule has 168 valence electrons. The van der Waals surface area contributed by atoms with E-state index in [2.05, 4.69) is 33.5 Å². The molecule has 5 nitrogen and oxygen atoms in total. The number of para-hydroxylation sites is 1. The minimum absolute atomic E-state index is 0.0887. The summed E-state index contributed by atoms with van der Waals surface area (Å²) in [6.07, 6.45) is 6.63. The third kappa shape index (κ3) is 5.61. The number of rotatable bonds is 8. The molecule has 0 atom stereocenters. The second kappa shape index (κ2) is 10.6. The van der Waals surface area contributed by atoms with Gasteiger partial charge >= 0.3 is 0 Å². The third-order valence-corrected chi connectivity index (χ3v) is 7.24. The normalized spacial score (nSPS) is 14.1. The summed E-state index contributed by atoms with van der Waals surface area (Å²) >= 11 is 13.6. The molecule has 0 saturated heterocycles. The predicted octanol–water partition coefficient (Wildman–Crippen LogP) is 5.53. The van der Waals surface area contributed by atoms with E-state index >= 15 is 0 Å². The number of hydrogen-bond acceptors (Lipinski definition) is 3. The van der Waals surface area contributed by atoms with Gasteiger partial charge in [-0.2, -0.15) is 0 Å². The molecule has 2 aromatic carbocycles. The van der Waals surface area contributed by atoms with E-state index in [0.717, 1.165) is 28.6 Å². The zero-order valence-electron chi connectivity index (χ0n) is 17.6. The topological polar surface area (TPSA) is 63.1 Å². The van der Waals surface area contributed by atoms with Crippen LogP contribution in [0.2, 0.25) is 10.0 Å². The van der Waals surface area contributed by atoms with Gasteiger partial charge in [0.1, 0.15) is 0 Å². The van der Waals surface area contributed by atoms with Crippen molar-refractivity contribution in [3.05, 3.63) is 64.3 Å². The number of thioether (sulfide) groups is 1. The Bertz CT molecular complexity index is 1130. The Kier molecular flexibility index (Phi) is 7.66. The van der Waals surface area contributed by atoms with Crippen LogP contribution in [0.4, 0.5) is 0 Å². The highest BCUT2D eigenvalue weighted by atomic mass is 35.5. The van der Waals surface area contributed by atoms with Gasteiger partial charge in [0.25, 0.3) is 5.91 Å². The van der Waals surface area contributed by atoms with Crippen LogP contribution in [0.15, 0.2) is 53.6 Å². The van der Waals surface area contributed by atoms with E-state index in [9.17, 15) is 9.59 Å². The quantitative estimate of drug-likeness (QED) is 0.408. The molecule has 2 amide bonds. The Labute approximate surface area is 201 Å². The zero-order chi connectivity index (χ0) is 22.5. The second-order valence-corrected chi connectivity index (χ2v) is 9.78. The summed E-state index contributed by atoms with van der Waals surface area (Å²) in [4.78, 5) is 25.9. The van der Waals surface area contributed by atoms with Crippen LogP contribution >= 0.6 is 35.0 Å². The van der Waals surface area contributed by atoms with Gasteiger partial charge in [-0.15, -0.1) is 11.8 Å². The fourth-order valence-corrected chi connectivity index (χ4v) is 5.45. The SMILES string of the molecule is O=C(CSc1cn(CCNC(=O)c2ccc(Cl)cc2Cl)c2ccccc12)NC1CCCC1. The summed E-state index contributed by atoms with van der Waals surface area (Å²) in [6.45, 7) is 1.05. The smallest absolute Gasteiger partial charge is 0.252 e. The number of nitrogens with zero attached hydrogens (tertiary/aromatic N) is 1. The molecule has 0 radical (unpaired) electrons. The van der Waals surface area contributed by atoms with Crippen LogP contribution in [-0.2, 0) is 11.3 Å². The number of aromatic nitrogens is 1. The van der Waals surface area contributed by atoms with Crippen molar-refractivity contribution < 1.29 is 9.59 Å². The van der Waals surface area contributed by atoms with Gasteiger partial charge in [-0.25, -0.2) is 0 Å². The zero-order valence-corrected chi connectivity index (χ0v) is 19.9. The number of hydrogen-bond donors (Lipinski definition) is 2. The number of benzene rings is 2. The minimum atomic E-state index is -0.235. The third-order valence-electron chi connectivity index (χ3n) is 5.65. The number of carbonyl (C=O) groups is 2. The van der Waals surface area contributed by atoms with Crippen LogP contribution in [0.25, 0.3) is 10.9 Å². The van der Waals surface area contributed by atoms with E-state index in [1.165, 1.54) is 12.8 Å². The fourth-order valence-electron chi connectivity index (χ4n) is 4.05. The summed E-state index contributed by atoms with van der Waals surface area (Å²) in [5.41, 5.74) is 1.47. The van der Waals surface area contributed by atoms with E-state index in [1.54, 1.807) is 30.0 Å². The Morgan fingerprint density at radius 2 is 1.88 bits per heavy atom. The van der Waals surface area contributed by atoms with Gasteiger partial charge in [0.15, 0.2) is 0 Å². The van der Waals surface area contributed by atoms with E-state index in [-0.39, 0.29) is 11.8 Å². The fraction of sp³-hybridized carbons (Fsp3) is 0.333. The Hall–Kier alpha value is -2.15. The van der Waals surface area contributed by atoms with Gasteiger partial charge in [-0.1, -0.05) is 54.2 Å². The highest BCUT2D eigenvalue weighted by molar-refractivity contribution is 8.00. The molecule has 0 bridgehead atoms. The van der Waals surface area contributed by atoms with Crippen molar-refractivity contribution in [2.75, 3.05) is 12.3 Å². The molecule has 4 rings (SSSR count). The summed E-state index contributed by atoms with van der Waals surface area (Å²) in [5, 5.41) is 7.99. The molecule has 1 heterocycles. The lowest BCUT2D eigenvalue weighted by molar-refractivity contribution is -0.119. The number of nitrogens with one attached hydrogen (secondary N) is 2. The lowest BCUT2D eigenvalue weighted by atomic mass is 10.2. The first-order valence-corrected chi connectivity index (χ1v) is 12.5. The molecule has 8 heteroatoms. The van der Waals surface area contributed by atoms with Crippen molar-refractivity contribution in [1.82, 2.24) is 15.2 Å². The van der Waals surface area contributed by atoms with Gasteiger partial charge < -0.3 is 15.2 Å². The van der Waals surface area contributed by atoms with Crippen molar-refractivity contribution in [3.63, 3.8) is 0 Å². The van der Waals surface area contributed by atoms with Gasteiger partial charge in [-0.05, 0) is 37.1 Å². The first kappa shape index (κ1) is 23.0. The van der Waals surface area contributed by atoms with Crippen molar-refractivity contribution in [2.45, 2.75) is 43.2 Å². The van der Waals surface area contributed by atoms with Gasteiger partial charge in [0, 0.05) is 46.1 Å². The predicted molar refractivity (Wildman–Crippen MR) is 132 cm³/mol. The van der Waals surface area contributed by atoms with Crippen molar-refractivity contribution in [1.29, 1.82) is 0 Å². The van der Waals surface area contributed by atoms with Crippen molar-refractivity contribution in [3.8, 4) is 0 Å². The average molecular weight is 490 g/mol. The van der Waals surface area contributed by atoms with E-state index in [0.29, 0.717) is 40.5 Å². The second-order valence-electron chi connectivity index (χ2n) is 7.92. The number of fused-ring (bicyclic) bond motifs is 1. The van der Waals surface area contributed by atoms with Gasteiger partial charge in [0.05, 0.1) is 16.3 Å². The first-order valence-electron chi connectivity index (χ1n) is 10.7. The largest absolute Gasteiger partial charge is 0.353 e. The molecule has 1 fully saturated rings. The van der Waals surface area contributed by atoms with Crippen LogP contribution in [0.3, 0.4) is 0 Å². The van der Waals surface area contributed by atoms with Crippen LogP contribution in [0, 0.1) is 0 Å². The molecular formula is C24H25Cl2N3O2S. The first-order chi connectivity index (χ1) is 15.5. The standard InChI is InChI=1S/C24H25Cl2N3O2S/c25-16-9-10-18(20(26)13-16)24(31)27-11-12-29-14-22(19-7-3-4-8-21(19)29)32-15-23(30)28-17-5-1-2-6-17/h3-4,7-10,13-14,17H,1-2,5-6,11-12,15H2,(H,27,31)(H,28,30). The highest BCUT2D eigenvalue weighted by Crippen LogP contribution is 2.30. The molecule has 0 aliphatic heterocycles. The number of halogens is 2. The molecule has 1 aromatic heterocycles. The molecule has 0 spiro atoms. The van der Waals surface area contributed by atoms with Crippen molar-refractivity contribution in [2.24, 2.45) is 0 Å². The number of carbonyl (C=O) groups excluding carboxylic acids is 2. The Morgan fingerprint density at radius 1 is 1.09 bits per heavy atom. The van der Waals surface area contributed by atoms with E-state index < -0.39 is 0 Å². The van der Waals surface area contributed by atoms with Gasteiger partial charge in [-0.3, -0.25) is 9.59 Å². The maximum atomic E-state index is 12.5. The van der Waals surface area contributed by atoms with E-state index in [1.807, 2.05) is 12.1 Å². The van der Waals surface area contributed by atoms with Crippen LogP contribution in [0.5, 0.6) is 0 Å². The van der Waals surface area contributed by atoms with Crippen LogP contribution in [0.1, 0.15) is 36.0 Å². The molecule has 1 aliphatic rings. The molecule has 1 aliphatic carbocycles. The monoisotopic (exact) mass is 489 g/mol. The Morgan fingerprint density at radius 3 is 2.66 bits per heavy atom. The summed E-state index contributed by atoms with van der Waals surface area (Å²) in [7, 11) is 0. The van der Waals surface area contributed by atoms with Crippen LogP contribution < -0.4 is 10.6 Å². The molecule has 32 heavy (non-hydrogen) atoms. The molecular weight excluding hydrogens is 465 g/mol. The molecule has 3 aromatic rings. The van der Waals surface area contributed by atoms with E-state index in [4.69, 9.17) is 23.2 Å². The summed E-state index contributed by atoms with van der Waals surface area (Å²) in [6, 6.07) is 13.3. The Balaban J connectivity index is 1.37. The summed E-state index contributed by atoms with van der Waals surface area (Å²) < 4.78 is 2.11. The maximum absolute atomic E-state index is 12.5. The minimum Gasteiger partial charge on any atom is -0.353 e. The van der Waals surface area contributed by atoms with Crippen LogP contribution in [-0.4, -0.2) is 34.7 Å². The van der Waals surface area contributed by atoms with Gasteiger partial charge in [0.2, 0.25) is 5.91 Å². The summed E-state index contributed by atoms with van der Waals surface area (Å²) in [5.74, 6) is 0.253. The molecule has 0 unspecified atom stereocenters. The maximum Gasteiger partial charge on any atom is 0.252 e. The van der Waals surface area contributed by atoms with Crippen molar-refractivity contribution >= 4 is 57.7 Å². The lowest BCUT2D eigenvalue weighted by Gasteiger charge is -2.11. The molecule has 2 N–H and O–H groups in total. The molecule has 1 saturated carbocycles. The average Bonchev–Trinajstić information content (AvgIpc) is 3.40. The number of amides is 2. The lowest BCUT2D eigenvalue weighted by Crippen LogP contribution is -2.33.